The molecule has 0 unspecified atom stereocenters. The molecule has 2 aromatic rings. The maximum Gasteiger partial charge on any atom is 0.193 e. The predicted octanol–water partition coefficient (Wildman–Crippen LogP) is 6.83. The Morgan fingerprint density at radius 1 is 0.692 bits per heavy atom. The van der Waals surface area contributed by atoms with Crippen molar-refractivity contribution in [1.82, 2.24) is 0 Å². The van der Waals surface area contributed by atoms with Gasteiger partial charge in [-0.25, -0.2) is 0 Å². The minimum Gasteiger partial charge on any atom is -0.494 e. The maximum absolute atomic E-state index is 12.4. The summed E-state index contributed by atoms with van der Waals surface area (Å²) in [4.78, 5) is 12.4. The summed E-state index contributed by atoms with van der Waals surface area (Å²) in [6.07, 6.45) is 11.8. The highest BCUT2D eigenvalue weighted by Crippen LogP contribution is 2.16. The average Bonchev–Trinajstić information content (AvgIpc) is 2.70. The van der Waals surface area contributed by atoms with Crippen LogP contribution in [0.2, 0.25) is 0 Å². The quantitative estimate of drug-likeness (QED) is 0.292. The molecule has 0 aliphatic carbocycles. The van der Waals surface area contributed by atoms with E-state index in [0.717, 1.165) is 24.3 Å². The van der Waals surface area contributed by atoms with E-state index in [1.54, 1.807) is 0 Å². The topological polar surface area (TPSA) is 26.3 Å². The fourth-order valence-corrected chi connectivity index (χ4v) is 3.06. The zero-order valence-corrected chi connectivity index (χ0v) is 16.1. The molecule has 0 heterocycles. The molecule has 26 heavy (non-hydrogen) atoms. The van der Waals surface area contributed by atoms with Gasteiger partial charge >= 0.3 is 0 Å². The van der Waals surface area contributed by atoms with Crippen molar-refractivity contribution in [3.8, 4) is 5.75 Å². The van der Waals surface area contributed by atoms with Gasteiger partial charge in [0.15, 0.2) is 5.78 Å². The Balaban J connectivity index is 1.60. The summed E-state index contributed by atoms with van der Waals surface area (Å²) in [6, 6.07) is 16.9. The molecular weight excluding hydrogens is 320 g/mol. The van der Waals surface area contributed by atoms with E-state index in [4.69, 9.17) is 4.74 Å². The van der Waals surface area contributed by atoms with Crippen molar-refractivity contribution >= 4 is 5.78 Å². The lowest BCUT2D eigenvalue weighted by Gasteiger charge is -2.07. The smallest absolute Gasteiger partial charge is 0.193 e. The van der Waals surface area contributed by atoms with Gasteiger partial charge in [-0.1, -0.05) is 88.6 Å². The van der Waals surface area contributed by atoms with Gasteiger partial charge in [0, 0.05) is 11.1 Å². The van der Waals surface area contributed by atoms with Crippen LogP contribution in [0.25, 0.3) is 0 Å². The van der Waals surface area contributed by atoms with E-state index in [1.807, 2.05) is 54.6 Å². The lowest BCUT2D eigenvalue weighted by Crippen LogP contribution is -2.01. The molecular formula is C24H32O2. The molecule has 0 saturated heterocycles. The van der Waals surface area contributed by atoms with E-state index in [9.17, 15) is 4.79 Å². The molecule has 0 aliphatic heterocycles. The van der Waals surface area contributed by atoms with E-state index in [0.29, 0.717) is 5.56 Å². The van der Waals surface area contributed by atoms with Crippen molar-refractivity contribution in [1.29, 1.82) is 0 Å². The Morgan fingerprint density at radius 3 is 1.85 bits per heavy atom. The van der Waals surface area contributed by atoms with Gasteiger partial charge in [0.25, 0.3) is 0 Å². The Hall–Kier alpha value is -2.09. The zero-order valence-electron chi connectivity index (χ0n) is 16.1. The molecule has 140 valence electrons. The van der Waals surface area contributed by atoms with E-state index >= 15 is 0 Å². The largest absolute Gasteiger partial charge is 0.494 e. The molecule has 0 aliphatic rings. The number of carbonyl (C=O) groups is 1. The second-order valence-corrected chi connectivity index (χ2v) is 6.90. The summed E-state index contributed by atoms with van der Waals surface area (Å²) in [5, 5.41) is 0. The van der Waals surface area contributed by atoms with Gasteiger partial charge in [-0.2, -0.15) is 0 Å². The van der Waals surface area contributed by atoms with Gasteiger partial charge in [-0.3, -0.25) is 4.79 Å². The normalized spacial score (nSPS) is 10.7. The monoisotopic (exact) mass is 352 g/mol. The van der Waals surface area contributed by atoms with Crippen LogP contribution in [0.4, 0.5) is 0 Å². The van der Waals surface area contributed by atoms with Crippen LogP contribution in [-0.4, -0.2) is 12.4 Å². The van der Waals surface area contributed by atoms with E-state index in [2.05, 4.69) is 6.92 Å². The fourth-order valence-electron chi connectivity index (χ4n) is 3.06. The summed E-state index contributed by atoms with van der Waals surface area (Å²) >= 11 is 0. The van der Waals surface area contributed by atoms with Crippen molar-refractivity contribution in [2.24, 2.45) is 0 Å². The molecule has 0 aromatic heterocycles. The van der Waals surface area contributed by atoms with E-state index in [-0.39, 0.29) is 5.78 Å². The molecule has 0 atom stereocenters. The number of hydrogen-bond acceptors (Lipinski definition) is 2. The van der Waals surface area contributed by atoms with Crippen molar-refractivity contribution in [3.63, 3.8) is 0 Å². The minimum atomic E-state index is 0.0519. The Labute approximate surface area is 158 Å². The number of rotatable bonds is 13. The maximum atomic E-state index is 12.4. The second-order valence-electron chi connectivity index (χ2n) is 6.90. The molecule has 2 aromatic carbocycles. The summed E-state index contributed by atoms with van der Waals surface area (Å²) in [5.41, 5.74) is 1.42. The van der Waals surface area contributed by atoms with Crippen molar-refractivity contribution in [3.05, 3.63) is 65.7 Å². The molecule has 0 bridgehead atoms. The Morgan fingerprint density at radius 2 is 1.23 bits per heavy atom. The van der Waals surface area contributed by atoms with Crippen LogP contribution in [0.15, 0.2) is 54.6 Å². The lowest BCUT2D eigenvalue weighted by atomic mass is 10.0. The number of unbranched alkanes of at least 4 members (excludes halogenated alkanes) is 8. The highest BCUT2D eigenvalue weighted by molar-refractivity contribution is 6.08. The van der Waals surface area contributed by atoms with Gasteiger partial charge < -0.3 is 4.74 Å². The van der Waals surface area contributed by atoms with Crippen LogP contribution in [-0.2, 0) is 0 Å². The predicted molar refractivity (Wildman–Crippen MR) is 109 cm³/mol. The number of carbonyl (C=O) groups excluding carboxylic acids is 1. The van der Waals surface area contributed by atoms with Gasteiger partial charge in [0.2, 0.25) is 0 Å². The molecule has 0 N–H and O–H groups in total. The number of ketones is 1. The van der Waals surface area contributed by atoms with Gasteiger partial charge in [-0.15, -0.1) is 0 Å². The van der Waals surface area contributed by atoms with Crippen LogP contribution in [0.3, 0.4) is 0 Å². The number of hydrogen-bond donors (Lipinski definition) is 0. The standard InChI is InChI=1S/C24H32O2/c1-2-3-4-5-6-7-8-9-13-20-26-23-18-16-22(17-19-23)24(25)21-14-11-10-12-15-21/h10-12,14-19H,2-9,13,20H2,1H3. The van der Waals surface area contributed by atoms with Gasteiger partial charge in [0.05, 0.1) is 6.61 Å². The minimum absolute atomic E-state index is 0.0519. The first-order valence-electron chi connectivity index (χ1n) is 10.1. The summed E-state index contributed by atoms with van der Waals surface area (Å²) in [7, 11) is 0. The van der Waals surface area contributed by atoms with Crippen LogP contribution in [0.1, 0.15) is 80.6 Å². The van der Waals surface area contributed by atoms with Crippen molar-refractivity contribution < 1.29 is 9.53 Å². The van der Waals surface area contributed by atoms with Gasteiger partial charge in [0.1, 0.15) is 5.75 Å². The third-order valence-corrected chi connectivity index (χ3v) is 4.67. The first-order valence-corrected chi connectivity index (χ1v) is 10.1. The van der Waals surface area contributed by atoms with Crippen molar-refractivity contribution in [2.45, 2.75) is 64.7 Å². The fraction of sp³-hybridized carbons (Fsp3) is 0.458. The van der Waals surface area contributed by atoms with Crippen LogP contribution < -0.4 is 4.74 Å². The zero-order chi connectivity index (χ0) is 18.5. The molecule has 2 heteroatoms. The molecule has 2 nitrogen and oxygen atoms in total. The van der Waals surface area contributed by atoms with Crippen LogP contribution in [0.5, 0.6) is 5.75 Å². The van der Waals surface area contributed by atoms with E-state index in [1.165, 1.54) is 51.4 Å². The van der Waals surface area contributed by atoms with Gasteiger partial charge in [-0.05, 0) is 30.7 Å². The molecule has 0 spiro atoms. The number of benzene rings is 2. The van der Waals surface area contributed by atoms with Crippen molar-refractivity contribution in [2.75, 3.05) is 6.61 Å². The molecule has 0 radical (unpaired) electrons. The molecule has 0 saturated carbocycles. The molecule has 2 rings (SSSR count). The summed E-state index contributed by atoms with van der Waals surface area (Å²) < 4.78 is 5.79. The Kier molecular flexibility index (Phi) is 9.56. The summed E-state index contributed by atoms with van der Waals surface area (Å²) in [5.74, 6) is 0.894. The third-order valence-electron chi connectivity index (χ3n) is 4.67. The first-order chi connectivity index (χ1) is 12.8. The molecule has 0 fully saturated rings. The third kappa shape index (κ3) is 7.43. The van der Waals surface area contributed by atoms with Crippen LogP contribution >= 0.6 is 0 Å². The second kappa shape index (κ2) is 12.3. The lowest BCUT2D eigenvalue weighted by molar-refractivity contribution is 0.103. The average molecular weight is 353 g/mol. The first kappa shape index (κ1) is 20.2. The Bertz CT molecular complexity index is 616. The van der Waals surface area contributed by atoms with E-state index < -0.39 is 0 Å². The highest BCUT2D eigenvalue weighted by Gasteiger charge is 2.08. The molecule has 0 amide bonds. The highest BCUT2D eigenvalue weighted by atomic mass is 16.5. The van der Waals surface area contributed by atoms with Crippen LogP contribution in [0, 0.1) is 0 Å². The number of ether oxygens (including phenoxy) is 1. The SMILES string of the molecule is CCCCCCCCCCCOc1ccc(C(=O)c2ccccc2)cc1. The summed E-state index contributed by atoms with van der Waals surface area (Å²) in [6.45, 7) is 3.01.